The van der Waals surface area contributed by atoms with E-state index in [0.717, 1.165) is 6.42 Å². The first-order valence-electron chi connectivity index (χ1n) is 6.47. The van der Waals surface area contributed by atoms with Crippen molar-refractivity contribution in [3.05, 3.63) is 40.4 Å². The third-order valence-electron chi connectivity index (χ3n) is 3.09. The molecule has 1 aromatic carbocycles. The van der Waals surface area contributed by atoms with Crippen molar-refractivity contribution in [1.82, 2.24) is 5.32 Å². The molecule has 0 aromatic heterocycles. The first kappa shape index (κ1) is 16.9. The van der Waals surface area contributed by atoms with Gasteiger partial charge in [0.1, 0.15) is 0 Å². The van der Waals surface area contributed by atoms with E-state index in [2.05, 4.69) is 38.0 Å². The molecule has 0 aliphatic rings. The Morgan fingerprint density at radius 3 is 2.60 bits per heavy atom. The van der Waals surface area contributed by atoms with Crippen molar-refractivity contribution in [3.63, 3.8) is 0 Å². The maximum atomic E-state index is 12.2. The lowest BCUT2D eigenvalue weighted by molar-refractivity contribution is 0.0959. The Labute approximate surface area is 130 Å². The highest BCUT2D eigenvalue weighted by atomic mass is 35.5. The van der Waals surface area contributed by atoms with Crippen LogP contribution in [0.3, 0.4) is 0 Å². The number of nitrogens with one attached hydrogen (secondary N) is 2. The van der Waals surface area contributed by atoms with Crippen LogP contribution < -0.4 is 10.6 Å². The van der Waals surface area contributed by atoms with Gasteiger partial charge in [0.15, 0.2) is 0 Å². The minimum atomic E-state index is -0.271. The number of hydrogen-bond acceptors (Lipinski definition) is 2. The van der Waals surface area contributed by atoms with Gasteiger partial charge in [-0.2, -0.15) is 0 Å². The van der Waals surface area contributed by atoms with E-state index >= 15 is 0 Å². The Kier molecular flexibility index (Phi) is 5.90. The summed E-state index contributed by atoms with van der Waals surface area (Å²) in [5.74, 6) is -0.271. The van der Waals surface area contributed by atoms with E-state index in [0.29, 0.717) is 22.8 Å². The molecular weight excluding hydrogens is 295 g/mol. The zero-order valence-electron chi connectivity index (χ0n) is 12.0. The smallest absolute Gasteiger partial charge is 0.255 e. The highest BCUT2D eigenvalue weighted by Gasteiger charge is 2.22. The van der Waals surface area contributed by atoms with Gasteiger partial charge in [0.2, 0.25) is 0 Å². The summed E-state index contributed by atoms with van der Waals surface area (Å²) in [6.45, 7) is 10.1. The molecule has 5 heteroatoms. The van der Waals surface area contributed by atoms with Crippen LogP contribution in [0.2, 0.25) is 10.0 Å². The van der Waals surface area contributed by atoms with E-state index in [4.69, 9.17) is 23.2 Å². The summed E-state index contributed by atoms with van der Waals surface area (Å²) in [4.78, 5) is 12.2. The number of rotatable bonds is 6. The summed E-state index contributed by atoms with van der Waals surface area (Å²) in [5, 5.41) is 6.66. The highest BCUT2D eigenvalue weighted by Crippen LogP contribution is 2.33. The van der Waals surface area contributed by atoms with Crippen LogP contribution in [0.4, 0.5) is 5.69 Å². The molecule has 20 heavy (non-hydrogen) atoms. The molecule has 2 N–H and O–H groups in total. The zero-order valence-corrected chi connectivity index (χ0v) is 13.5. The lowest BCUT2D eigenvalue weighted by atomic mass is 10.0. The van der Waals surface area contributed by atoms with E-state index in [1.54, 1.807) is 18.2 Å². The molecule has 0 saturated heterocycles. The maximum absolute atomic E-state index is 12.2. The van der Waals surface area contributed by atoms with Crippen LogP contribution in [0.15, 0.2) is 24.8 Å². The van der Waals surface area contributed by atoms with Gasteiger partial charge in [0.05, 0.1) is 15.6 Å². The number of hydrogen-bond donors (Lipinski definition) is 2. The second-order valence-electron chi connectivity index (χ2n) is 5.15. The predicted molar refractivity (Wildman–Crippen MR) is 87.0 cm³/mol. The summed E-state index contributed by atoms with van der Waals surface area (Å²) in [7, 11) is 0. The van der Waals surface area contributed by atoms with E-state index in [1.807, 2.05) is 0 Å². The van der Waals surface area contributed by atoms with Gasteiger partial charge in [-0.3, -0.25) is 4.79 Å². The predicted octanol–water partition coefficient (Wildman–Crippen LogP) is 4.51. The number of anilines is 1. The van der Waals surface area contributed by atoms with Gasteiger partial charge in [-0.05, 0) is 32.4 Å². The Morgan fingerprint density at radius 2 is 2.05 bits per heavy atom. The number of carbonyl (C=O) groups is 1. The van der Waals surface area contributed by atoms with Gasteiger partial charge in [-0.1, -0.05) is 36.2 Å². The Hall–Kier alpha value is -1.19. The summed E-state index contributed by atoms with van der Waals surface area (Å²) < 4.78 is 0. The molecule has 3 nitrogen and oxygen atoms in total. The number of carbonyl (C=O) groups excluding carboxylic acids is 1. The Bertz CT molecular complexity index is 513. The fraction of sp³-hybridized carbons (Fsp3) is 0.400. The second-order valence-corrected chi connectivity index (χ2v) is 5.93. The van der Waals surface area contributed by atoms with Crippen molar-refractivity contribution in [2.75, 3.05) is 11.9 Å². The Morgan fingerprint density at radius 1 is 1.40 bits per heavy atom. The summed E-state index contributed by atoms with van der Waals surface area (Å²) in [6, 6.07) is 3.46. The normalized spacial score (nSPS) is 11.1. The third kappa shape index (κ3) is 4.15. The minimum absolute atomic E-state index is 0.148. The fourth-order valence-electron chi connectivity index (χ4n) is 1.58. The minimum Gasteiger partial charge on any atom is -0.379 e. The van der Waals surface area contributed by atoms with Gasteiger partial charge in [0.25, 0.3) is 5.91 Å². The lowest BCUT2D eigenvalue weighted by Crippen LogP contribution is -2.32. The average molecular weight is 315 g/mol. The molecule has 1 aromatic rings. The fourth-order valence-corrected chi connectivity index (χ4v) is 1.99. The van der Waals surface area contributed by atoms with Gasteiger partial charge >= 0.3 is 0 Å². The summed E-state index contributed by atoms with van der Waals surface area (Å²) in [5.41, 5.74) is 0.889. The van der Waals surface area contributed by atoms with E-state index in [9.17, 15) is 4.79 Å². The van der Waals surface area contributed by atoms with Crippen LogP contribution in [-0.2, 0) is 0 Å². The van der Waals surface area contributed by atoms with Crippen molar-refractivity contribution in [2.45, 2.75) is 32.7 Å². The molecule has 110 valence electrons. The quantitative estimate of drug-likeness (QED) is 0.758. The molecule has 0 unspecified atom stereocenters. The Balaban J connectivity index is 3.20. The molecule has 1 amide bonds. The van der Waals surface area contributed by atoms with Gasteiger partial charge < -0.3 is 10.6 Å². The summed E-state index contributed by atoms with van der Waals surface area (Å²) >= 11 is 12.2. The largest absolute Gasteiger partial charge is 0.379 e. The number of amides is 1. The van der Waals surface area contributed by atoms with Crippen molar-refractivity contribution in [3.8, 4) is 0 Å². The molecule has 0 bridgehead atoms. The molecule has 1 rings (SSSR count). The van der Waals surface area contributed by atoms with E-state index in [1.165, 1.54) is 0 Å². The highest BCUT2D eigenvalue weighted by molar-refractivity contribution is 6.44. The van der Waals surface area contributed by atoms with Gasteiger partial charge in [0, 0.05) is 17.8 Å². The van der Waals surface area contributed by atoms with Crippen molar-refractivity contribution in [1.29, 1.82) is 0 Å². The SMILES string of the molecule is C=CCNC(=O)c1c(NC(C)(C)CC)ccc(Cl)c1Cl. The van der Waals surface area contributed by atoms with E-state index in [-0.39, 0.29) is 16.5 Å². The zero-order chi connectivity index (χ0) is 15.3. The topological polar surface area (TPSA) is 41.1 Å². The molecule has 0 heterocycles. The maximum Gasteiger partial charge on any atom is 0.255 e. The van der Waals surface area contributed by atoms with Crippen molar-refractivity contribution >= 4 is 34.8 Å². The van der Waals surface area contributed by atoms with E-state index < -0.39 is 0 Å². The van der Waals surface area contributed by atoms with Gasteiger partial charge in [-0.25, -0.2) is 0 Å². The molecule has 0 fully saturated rings. The number of benzene rings is 1. The molecule has 0 saturated carbocycles. The number of halogens is 2. The monoisotopic (exact) mass is 314 g/mol. The standard InChI is InChI=1S/C15H20Cl2N2O/c1-5-9-18-14(20)12-11(19-15(3,4)6-2)8-7-10(16)13(12)17/h5,7-8,19H,1,6,9H2,2-4H3,(H,18,20). The second kappa shape index (κ2) is 7.00. The van der Waals surface area contributed by atoms with Crippen molar-refractivity contribution < 1.29 is 4.79 Å². The van der Waals surface area contributed by atoms with Crippen LogP contribution in [0.1, 0.15) is 37.6 Å². The first-order valence-corrected chi connectivity index (χ1v) is 7.23. The van der Waals surface area contributed by atoms with Crippen LogP contribution in [0, 0.1) is 0 Å². The molecule has 0 spiro atoms. The average Bonchev–Trinajstić information content (AvgIpc) is 2.40. The third-order valence-corrected chi connectivity index (χ3v) is 3.89. The first-order chi connectivity index (χ1) is 9.32. The van der Waals surface area contributed by atoms with Gasteiger partial charge in [-0.15, -0.1) is 6.58 Å². The molecule has 0 aliphatic carbocycles. The van der Waals surface area contributed by atoms with Crippen LogP contribution >= 0.6 is 23.2 Å². The van der Waals surface area contributed by atoms with Crippen LogP contribution in [0.25, 0.3) is 0 Å². The van der Waals surface area contributed by atoms with Crippen LogP contribution in [-0.4, -0.2) is 18.0 Å². The van der Waals surface area contributed by atoms with Crippen LogP contribution in [0.5, 0.6) is 0 Å². The lowest BCUT2D eigenvalue weighted by Gasteiger charge is -2.27. The van der Waals surface area contributed by atoms with Crippen molar-refractivity contribution in [2.24, 2.45) is 0 Å². The molecular formula is C15H20Cl2N2O. The summed E-state index contributed by atoms with van der Waals surface area (Å²) in [6.07, 6.45) is 2.51. The molecule has 0 atom stereocenters. The molecule has 0 radical (unpaired) electrons. The molecule has 0 aliphatic heterocycles.